The molecule has 0 fully saturated rings. The Hall–Kier alpha value is -3.46. The van der Waals surface area contributed by atoms with Crippen LogP contribution in [-0.4, -0.2) is 65.5 Å². The molecule has 0 spiro atoms. The zero-order chi connectivity index (χ0) is 43.9. The summed E-state index contributed by atoms with van der Waals surface area (Å²) in [6.07, 6.45) is 14.5. The summed E-state index contributed by atoms with van der Waals surface area (Å²) in [5.74, 6) is 0.788. The van der Waals surface area contributed by atoms with E-state index in [-0.39, 0.29) is 54.5 Å². The molecule has 20 nitrogen and oxygen atoms in total. The van der Waals surface area contributed by atoms with E-state index in [0.29, 0.717) is 22.3 Å². The number of H-pyrrole nitrogens is 1. The summed E-state index contributed by atoms with van der Waals surface area (Å²) in [6, 6.07) is 4.47. The summed E-state index contributed by atoms with van der Waals surface area (Å²) >= 11 is 9.22. The minimum atomic E-state index is -0.549. The SMILES string of the molecule is C.CC(I)(I)I.CO.C[CH-]I.Cc1cn(-c2nccc(N)c2N)cn1.Cc1cn(-c2nccc(N)c2[N+](=O)[O-])cn1.Cc1cnc[nH]1.Cc1nccc(N)c1[N+](=O)[O-].[V]. The molecule has 0 aliphatic heterocycles. The number of nitrogen functional groups attached to an aromatic ring is 4. The van der Waals surface area contributed by atoms with Gasteiger partial charge < -0.3 is 55.6 Å². The number of hydrogen-bond donors (Lipinski definition) is 6. The molecule has 25 heteroatoms. The van der Waals surface area contributed by atoms with Gasteiger partial charge in [-0.25, -0.2) is 24.9 Å². The van der Waals surface area contributed by atoms with Gasteiger partial charge in [-0.05, 0) is 52.8 Å². The van der Waals surface area contributed by atoms with Crippen molar-refractivity contribution in [2.45, 2.75) is 48.4 Å². The summed E-state index contributed by atoms with van der Waals surface area (Å²) in [6.45, 7) is 11.3. The van der Waals surface area contributed by atoms with Gasteiger partial charge in [0.25, 0.3) is 0 Å². The summed E-state index contributed by atoms with van der Waals surface area (Å²) in [4.78, 5) is 46.7. The molecule has 6 aromatic rings. The molecule has 0 bridgehead atoms. The van der Waals surface area contributed by atoms with E-state index >= 15 is 0 Å². The third kappa shape index (κ3) is 23.8. The number of alkyl halides is 3. The number of imidazole rings is 3. The molecule has 6 rings (SSSR count). The number of halogens is 4. The average molecular weight is 1310 g/mol. The van der Waals surface area contributed by atoms with Crippen LogP contribution in [0.4, 0.5) is 34.1 Å². The number of aromatic amines is 1. The number of nitrogens with one attached hydrogen (secondary N) is 1. The van der Waals surface area contributed by atoms with Crippen molar-refractivity contribution < 1.29 is 33.5 Å². The van der Waals surface area contributed by atoms with Crippen molar-refractivity contribution >= 4 is 124 Å². The molecular formula is C34H48I4N15O5V-. The summed E-state index contributed by atoms with van der Waals surface area (Å²) < 4.78 is 5.61. The number of pyridine rings is 3. The van der Waals surface area contributed by atoms with E-state index in [2.05, 4.69) is 132 Å². The number of aromatic nitrogens is 9. The van der Waals surface area contributed by atoms with Crippen molar-refractivity contribution in [1.82, 2.24) is 44.0 Å². The van der Waals surface area contributed by atoms with E-state index in [1.54, 1.807) is 55.7 Å². The predicted molar refractivity (Wildman–Crippen MR) is 265 cm³/mol. The van der Waals surface area contributed by atoms with E-state index in [9.17, 15) is 20.2 Å². The Balaban J connectivity index is -0.000000671. The minimum Gasteiger partial charge on any atom is -0.400 e. The molecule has 6 aromatic heterocycles. The van der Waals surface area contributed by atoms with Crippen LogP contribution in [0.1, 0.15) is 44.0 Å². The first kappa shape index (κ1) is 59.9. The fourth-order valence-electron chi connectivity index (χ4n) is 3.73. The Labute approximate surface area is 409 Å². The van der Waals surface area contributed by atoms with E-state index in [0.717, 1.165) is 24.2 Å². The minimum absolute atomic E-state index is 0. The second-order valence-electron chi connectivity index (χ2n) is 10.6. The van der Waals surface area contributed by atoms with Gasteiger partial charge in [-0.3, -0.25) is 38.8 Å². The maximum absolute atomic E-state index is 10.9. The zero-order valence-electron chi connectivity index (χ0n) is 32.3. The normalized spacial score (nSPS) is 9.36. The molecule has 0 aromatic carbocycles. The summed E-state index contributed by atoms with van der Waals surface area (Å²) in [5, 5.41) is 28.2. The molecule has 10 N–H and O–H groups in total. The Morgan fingerprint density at radius 3 is 1.47 bits per heavy atom. The Morgan fingerprint density at radius 2 is 1.15 bits per heavy atom. The van der Waals surface area contributed by atoms with Crippen molar-refractivity contribution in [3.63, 3.8) is 0 Å². The number of aryl methyl sites for hydroxylation is 4. The summed E-state index contributed by atoms with van der Waals surface area (Å²) in [7, 11) is 1.00. The van der Waals surface area contributed by atoms with Crippen molar-refractivity contribution in [2.75, 3.05) is 30.0 Å². The van der Waals surface area contributed by atoms with Crippen molar-refractivity contribution in [3.8, 4) is 11.6 Å². The van der Waals surface area contributed by atoms with Crippen LogP contribution in [0.2, 0.25) is 0 Å². The quantitative estimate of drug-likeness (QED) is 0.0318. The van der Waals surface area contributed by atoms with Crippen LogP contribution >= 0.6 is 90.4 Å². The number of aliphatic hydroxyl groups is 1. The number of nitrogens with zero attached hydrogens (tertiary/aromatic N) is 10. The maximum Gasteiger partial charge on any atom is 0.334 e. The number of hydrogen-bond acceptors (Lipinski definition) is 15. The fraction of sp³-hybridized carbons (Fsp3) is 0.265. The molecule has 0 aliphatic rings. The second kappa shape index (κ2) is 31.4. The maximum atomic E-state index is 10.9. The largest absolute Gasteiger partial charge is 0.400 e. The molecule has 6 heterocycles. The second-order valence-corrected chi connectivity index (χ2v) is 24.5. The first-order valence-corrected chi connectivity index (χ1v) is 20.3. The topological polar surface area (TPSA) is 314 Å². The average Bonchev–Trinajstić information content (AvgIpc) is 3.90. The number of nitrogens with two attached hydrogens (primary N) is 4. The molecular weight excluding hydrogens is 1260 g/mol. The molecule has 1 radical (unpaired) electrons. The van der Waals surface area contributed by atoms with Gasteiger partial charge in [-0.1, -0.05) is 75.2 Å². The van der Waals surface area contributed by atoms with E-state index in [1.165, 1.54) is 35.4 Å². The smallest absolute Gasteiger partial charge is 0.334 e. The number of nitro groups is 2. The van der Waals surface area contributed by atoms with Gasteiger partial charge in [0.05, 0.1) is 38.9 Å². The zero-order valence-corrected chi connectivity index (χ0v) is 42.4. The Kier molecular flexibility index (Phi) is 31.9. The van der Waals surface area contributed by atoms with Gasteiger partial charge in [0, 0.05) is 68.5 Å². The third-order valence-corrected chi connectivity index (χ3v) is 5.99. The van der Waals surface area contributed by atoms with Gasteiger partial charge in [-0.15, -0.1) is 0 Å². The molecule has 0 atom stereocenters. The van der Waals surface area contributed by atoms with Crippen LogP contribution in [0.15, 0.2) is 74.4 Å². The van der Waals surface area contributed by atoms with Gasteiger partial charge in [0.15, 0.2) is 5.82 Å². The van der Waals surface area contributed by atoms with E-state index in [4.69, 9.17) is 28.0 Å². The van der Waals surface area contributed by atoms with Crippen LogP contribution in [0.25, 0.3) is 11.6 Å². The first-order valence-electron chi connectivity index (χ1n) is 15.8. The van der Waals surface area contributed by atoms with E-state index in [1.807, 2.05) is 31.4 Å². The monoisotopic (exact) mass is 1300 g/mol. The molecule has 59 heavy (non-hydrogen) atoms. The van der Waals surface area contributed by atoms with Crippen LogP contribution in [0, 0.1) is 52.4 Å². The number of rotatable bonds is 4. The van der Waals surface area contributed by atoms with Gasteiger partial charge in [0.2, 0.25) is 5.82 Å². The summed E-state index contributed by atoms with van der Waals surface area (Å²) in [5.41, 5.74) is 26.4. The predicted octanol–water partition coefficient (Wildman–Crippen LogP) is 8.22. The molecule has 0 amide bonds. The Morgan fingerprint density at radius 1 is 0.763 bits per heavy atom. The fourth-order valence-corrected chi connectivity index (χ4v) is 3.73. The molecule has 0 aliphatic carbocycles. The van der Waals surface area contributed by atoms with Crippen molar-refractivity contribution in [3.05, 3.63) is 122 Å². The van der Waals surface area contributed by atoms with Crippen LogP contribution in [0.5, 0.6) is 0 Å². The molecule has 0 saturated carbocycles. The van der Waals surface area contributed by atoms with Crippen molar-refractivity contribution in [2.24, 2.45) is 0 Å². The van der Waals surface area contributed by atoms with Gasteiger partial charge >= 0.3 is 11.4 Å². The van der Waals surface area contributed by atoms with Crippen LogP contribution in [0.3, 0.4) is 0 Å². The standard InChI is InChI=1S/C9H9N5O2.C9H11N5.C6H7N3O2.C4H6N2.C2H3I3.C2H4I.CH4O.CH4.V/c1-6-4-13(5-12-6)9-8(14(15)16)7(10)2-3-11-9;1-6-4-14(5-13-6)9-8(11)7(10)2-3-12-9;1-4-6(9(10)11)5(7)2-3-8-4;1-4-2-5-3-6-4;1-2(3,4)5;1-2-3;1-2;;/h2-5H,1H3,(H2,10,11);2-5H,11H2,1H3,(H2,10,12);2-3H,1H3,(H2,7,8);2-3H,1H3,(H,5,6);1H3;2H,1H3;2H,1H3;1H4;/q;;;;;-1;;;. The van der Waals surface area contributed by atoms with E-state index < -0.39 is 9.85 Å². The molecule has 0 saturated heterocycles. The van der Waals surface area contributed by atoms with Crippen LogP contribution < -0.4 is 22.9 Å². The Bertz CT molecular complexity index is 2070. The number of aliphatic hydroxyl groups excluding tert-OH is 1. The van der Waals surface area contributed by atoms with Crippen LogP contribution in [-0.2, 0) is 18.6 Å². The molecule has 0 unspecified atom stereocenters. The van der Waals surface area contributed by atoms with Crippen molar-refractivity contribution in [1.29, 1.82) is 0 Å². The van der Waals surface area contributed by atoms with Gasteiger partial charge in [0.1, 0.15) is 29.2 Å². The van der Waals surface area contributed by atoms with Gasteiger partial charge in [-0.2, -0.15) is 6.92 Å². The third-order valence-electron chi connectivity index (χ3n) is 5.99. The number of anilines is 4. The molecule has 323 valence electrons. The first-order chi connectivity index (χ1) is 26.7.